The van der Waals surface area contributed by atoms with Crippen LogP contribution in [0.4, 0.5) is 14.6 Å². The number of nitrogens with two attached hydrogens (primary N) is 1. The molecule has 0 fully saturated rings. The molecule has 0 amide bonds. The predicted molar refractivity (Wildman–Crippen MR) is 63.9 cm³/mol. The molecule has 0 atom stereocenters. The maximum Gasteiger partial charge on any atom is 0.169 e. The lowest BCUT2D eigenvalue weighted by Crippen LogP contribution is -2.09. The smallest absolute Gasteiger partial charge is 0.169 e. The molecule has 0 saturated heterocycles. The Kier molecular flexibility index (Phi) is 3.55. The average molecular weight is 252 g/mol. The standard InChI is InChI=1S/C12H14F2N4/c1-2-4-10-12(15)16-17-18(10)7-8-5-3-6-9(13)11(8)14/h3,5-6H,2,4,7,15H2,1H3. The van der Waals surface area contributed by atoms with Crippen molar-refractivity contribution >= 4 is 5.82 Å². The van der Waals surface area contributed by atoms with Gasteiger partial charge in [0, 0.05) is 5.56 Å². The van der Waals surface area contributed by atoms with Crippen molar-refractivity contribution in [3.05, 3.63) is 41.1 Å². The number of anilines is 1. The van der Waals surface area contributed by atoms with E-state index in [4.69, 9.17) is 5.73 Å². The number of aromatic nitrogens is 3. The minimum Gasteiger partial charge on any atom is -0.381 e. The summed E-state index contributed by atoms with van der Waals surface area (Å²) in [5, 5.41) is 7.61. The Morgan fingerprint density at radius 1 is 1.33 bits per heavy atom. The number of nitrogens with zero attached hydrogens (tertiary/aromatic N) is 3. The van der Waals surface area contributed by atoms with Crippen molar-refractivity contribution in [1.29, 1.82) is 0 Å². The third-order valence-electron chi connectivity index (χ3n) is 2.71. The fourth-order valence-corrected chi connectivity index (χ4v) is 1.80. The van der Waals surface area contributed by atoms with Gasteiger partial charge in [-0.3, -0.25) is 0 Å². The molecule has 0 saturated carbocycles. The van der Waals surface area contributed by atoms with Crippen LogP contribution in [0.3, 0.4) is 0 Å². The van der Waals surface area contributed by atoms with Gasteiger partial charge in [-0.15, -0.1) is 5.10 Å². The summed E-state index contributed by atoms with van der Waals surface area (Å²) in [4.78, 5) is 0. The molecule has 6 heteroatoms. The number of halogens is 2. The molecule has 18 heavy (non-hydrogen) atoms. The van der Waals surface area contributed by atoms with Crippen LogP contribution in [-0.4, -0.2) is 15.0 Å². The molecule has 0 radical (unpaired) electrons. The second-order valence-corrected chi connectivity index (χ2v) is 4.04. The number of benzene rings is 1. The van der Waals surface area contributed by atoms with Gasteiger partial charge in [-0.05, 0) is 12.5 Å². The minimum absolute atomic E-state index is 0.128. The molecule has 0 aliphatic rings. The van der Waals surface area contributed by atoms with E-state index in [-0.39, 0.29) is 12.1 Å². The summed E-state index contributed by atoms with van der Waals surface area (Å²) < 4.78 is 28.1. The highest BCUT2D eigenvalue weighted by atomic mass is 19.2. The largest absolute Gasteiger partial charge is 0.381 e. The van der Waals surface area contributed by atoms with Crippen LogP contribution in [0.15, 0.2) is 18.2 Å². The summed E-state index contributed by atoms with van der Waals surface area (Å²) >= 11 is 0. The van der Waals surface area contributed by atoms with Crippen molar-refractivity contribution < 1.29 is 8.78 Å². The highest BCUT2D eigenvalue weighted by molar-refractivity contribution is 5.33. The number of hydrogen-bond donors (Lipinski definition) is 1. The molecular formula is C12H14F2N4. The lowest BCUT2D eigenvalue weighted by Gasteiger charge is -2.07. The highest BCUT2D eigenvalue weighted by Gasteiger charge is 2.13. The quantitative estimate of drug-likeness (QED) is 0.907. The molecule has 1 aromatic carbocycles. The summed E-state index contributed by atoms with van der Waals surface area (Å²) in [6.45, 7) is 2.13. The van der Waals surface area contributed by atoms with Crippen molar-refractivity contribution in [3.63, 3.8) is 0 Å². The molecule has 1 heterocycles. The third kappa shape index (κ3) is 2.32. The molecule has 96 valence electrons. The molecule has 0 bridgehead atoms. The van der Waals surface area contributed by atoms with Crippen LogP contribution in [0.1, 0.15) is 24.6 Å². The fraction of sp³-hybridized carbons (Fsp3) is 0.333. The van der Waals surface area contributed by atoms with Crippen LogP contribution in [-0.2, 0) is 13.0 Å². The Morgan fingerprint density at radius 3 is 2.83 bits per heavy atom. The van der Waals surface area contributed by atoms with E-state index < -0.39 is 11.6 Å². The van der Waals surface area contributed by atoms with Gasteiger partial charge in [0.2, 0.25) is 0 Å². The van der Waals surface area contributed by atoms with Gasteiger partial charge in [0.05, 0.1) is 12.2 Å². The maximum absolute atomic E-state index is 13.5. The summed E-state index contributed by atoms with van der Waals surface area (Å²) in [5.41, 5.74) is 6.67. The van der Waals surface area contributed by atoms with E-state index in [9.17, 15) is 8.78 Å². The van der Waals surface area contributed by atoms with E-state index in [1.165, 1.54) is 16.8 Å². The van der Waals surface area contributed by atoms with Crippen molar-refractivity contribution in [2.75, 3.05) is 5.73 Å². The molecule has 2 rings (SSSR count). The van der Waals surface area contributed by atoms with Crippen LogP contribution >= 0.6 is 0 Å². The fourth-order valence-electron chi connectivity index (χ4n) is 1.80. The van der Waals surface area contributed by atoms with Crippen LogP contribution in [0, 0.1) is 11.6 Å². The van der Waals surface area contributed by atoms with Gasteiger partial charge in [-0.2, -0.15) is 0 Å². The lowest BCUT2D eigenvalue weighted by atomic mass is 10.2. The van der Waals surface area contributed by atoms with Crippen LogP contribution in [0.2, 0.25) is 0 Å². The Hall–Kier alpha value is -1.98. The van der Waals surface area contributed by atoms with Crippen LogP contribution < -0.4 is 5.73 Å². The van der Waals surface area contributed by atoms with E-state index >= 15 is 0 Å². The Labute approximate surface area is 103 Å². The summed E-state index contributed by atoms with van der Waals surface area (Å²) in [6.07, 6.45) is 1.58. The predicted octanol–water partition coefficient (Wildman–Crippen LogP) is 2.14. The monoisotopic (exact) mass is 252 g/mol. The van der Waals surface area contributed by atoms with E-state index in [0.29, 0.717) is 12.2 Å². The molecule has 0 aliphatic heterocycles. The van der Waals surface area contributed by atoms with Gasteiger partial charge in [0.25, 0.3) is 0 Å². The highest BCUT2D eigenvalue weighted by Crippen LogP contribution is 2.16. The van der Waals surface area contributed by atoms with Crippen molar-refractivity contribution in [1.82, 2.24) is 15.0 Å². The van der Waals surface area contributed by atoms with E-state index in [2.05, 4.69) is 10.3 Å². The molecular weight excluding hydrogens is 238 g/mol. The number of rotatable bonds is 4. The Morgan fingerprint density at radius 2 is 2.11 bits per heavy atom. The lowest BCUT2D eigenvalue weighted by molar-refractivity contribution is 0.488. The Balaban J connectivity index is 2.31. The zero-order chi connectivity index (χ0) is 13.1. The SMILES string of the molecule is CCCc1c(N)nnn1Cc1cccc(F)c1F. The van der Waals surface area contributed by atoms with E-state index in [1.807, 2.05) is 6.92 Å². The second kappa shape index (κ2) is 5.12. The van der Waals surface area contributed by atoms with E-state index in [0.717, 1.165) is 18.2 Å². The zero-order valence-corrected chi connectivity index (χ0v) is 10.0. The molecule has 0 aliphatic carbocycles. The number of hydrogen-bond acceptors (Lipinski definition) is 3. The first kappa shape index (κ1) is 12.5. The van der Waals surface area contributed by atoms with Gasteiger partial charge in [-0.25, -0.2) is 13.5 Å². The maximum atomic E-state index is 13.5. The molecule has 0 spiro atoms. The minimum atomic E-state index is -0.863. The Bertz CT molecular complexity index is 551. The topological polar surface area (TPSA) is 56.7 Å². The van der Waals surface area contributed by atoms with Crippen LogP contribution in [0.5, 0.6) is 0 Å². The summed E-state index contributed by atoms with van der Waals surface area (Å²) in [7, 11) is 0. The molecule has 2 N–H and O–H groups in total. The van der Waals surface area contributed by atoms with E-state index in [1.54, 1.807) is 0 Å². The molecule has 0 unspecified atom stereocenters. The second-order valence-electron chi connectivity index (χ2n) is 4.04. The first-order valence-electron chi connectivity index (χ1n) is 5.74. The van der Waals surface area contributed by atoms with Gasteiger partial charge in [0.15, 0.2) is 17.5 Å². The van der Waals surface area contributed by atoms with Gasteiger partial charge in [0.1, 0.15) is 0 Å². The first-order valence-corrected chi connectivity index (χ1v) is 5.74. The van der Waals surface area contributed by atoms with Gasteiger partial charge < -0.3 is 5.73 Å². The zero-order valence-electron chi connectivity index (χ0n) is 10.0. The third-order valence-corrected chi connectivity index (χ3v) is 2.71. The van der Waals surface area contributed by atoms with Crippen molar-refractivity contribution in [3.8, 4) is 0 Å². The van der Waals surface area contributed by atoms with Gasteiger partial charge >= 0.3 is 0 Å². The first-order chi connectivity index (χ1) is 8.63. The molecule has 1 aromatic heterocycles. The van der Waals surface area contributed by atoms with Crippen LogP contribution in [0.25, 0.3) is 0 Å². The van der Waals surface area contributed by atoms with Gasteiger partial charge in [-0.1, -0.05) is 30.7 Å². The molecule has 2 aromatic rings. The summed E-state index contributed by atoms with van der Waals surface area (Å²) in [5.74, 6) is -1.37. The summed E-state index contributed by atoms with van der Waals surface area (Å²) in [6, 6.07) is 4.07. The average Bonchev–Trinajstić information content (AvgIpc) is 2.68. The normalized spacial score (nSPS) is 10.8. The molecule has 4 nitrogen and oxygen atoms in total. The number of nitrogen functional groups attached to an aromatic ring is 1. The van der Waals surface area contributed by atoms with Crippen molar-refractivity contribution in [2.45, 2.75) is 26.3 Å². The van der Waals surface area contributed by atoms with Crippen molar-refractivity contribution in [2.24, 2.45) is 0 Å².